The lowest BCUT2D eigenvalue weighted by molar-refractivity contribution is 0.0472. The van der Waals surface area contributed by atoms with Crippen molar-refractivity contribution in [2.45, 2.75) is 33.3 Å². The van der Waals surface area contributed by atoms with Crippen LogP contribution in [0.3, 0.4) is 0 Å². The van der Waals surface area contributed by atoms with Crippen LogP contribution in [0.1, 0.15) is 50.6 Å². The number of carbonyl (C=O) groups is 1. The van der Waals surface area contributed by atoms with Crippen molar-refractivity contribution >= 4 is 28.5 Å². The van der Waals surface area contributed by atoms with Gasteiger partial charge in [-0.3, -0.25) is 0 Å². The van der Waals surface area contributed by atoms with Gasteiger partial charge in [-0.25, -0.2) is 9.78 Å². The molecule has 2 aromatic carbocycles. The maximum atomic E-state index is 13.4. The van der Waals surface area contributed by atoms with Crippen LogP contribution < -0.4 is 9.47 Å². The Balaban J connectivity index is 1.39. The van der Waals surface area contributed by atoms with Gasteiger partial charge in [0, 0.05) is 5.39 Å². The van der Waals surface area contributed by atoms with Gasteiger partial charge < -0.3 is 18.7 Å². The van der Waals surface area contributed by atoms with Gasteiger partial charge in [0.25, 0.3) is 0 Å². The van der Waals surface area contributed by atoms with E-state index in [9.17, 15) is 4.79 Å². The highest BCUT2D eigenvalue weighted by molar-refractivity contribution is 6.07. The van der Waals surface area contributed by atoms with Crippen LogP contribution in [0.2, 0.25) is 0 Å². The highest BCUT2D eigenvalue weighted by Crippen LogP contribution is 2.39. The number of hydrogen-bond donors (Lipinski definition) is 0. The van der Waals surface area contributed by atoms with E-state index in [-0.39, 0.29) is 19.4 Å². The zero-order chi connectivity index (χ0) is 23.2. The van der Waals surface area contributed by atoms with Crippen molar-refractivity contribution in [3.8, 4) is 11.5 Å². The smallest absolute Gasteiger partial charge is 0.339 e. The molecule has 0 saturated heterocycles. The number of aryl methyl sites for hydroxylation is 2. The molecule has 0 spiro atoms. The molecule has 34 heavy (non-hydrogen) atoms. The van der Waals surface area contributed by atoms with E-state index in [1.54, 1.807) is 0 Å². The summed E-state index contributed by atoms with van der Waals surface area (Å²) in [6.45, 7) is 4.01. The monoisotopic (exact) mass is 454 g/mol. The van der Waals surface area contributed by atoms with E-state index in [4.69, 9.17) is 23.7 Å². The number of ether oxygens (including phenoxy) is 3. The summed E-state index contributed by atoms with van der Waals surface area (Å²) in [5, 5.41) is 4.75. The molecular weight excluding hydrogens is 432 g/mol. The number of carbonyl (C=O) groups excluding carboxylic acids is 1. The van der Waals surface area contributed by atoms with Crippen molar-refractivity contribution in [1.82, 2.24) is 10.1 Å². The van der Waals surface area contributed by atoms with Crippen molar-refractivity contribution < 1.29 is 23.5 Å². The summed E-state index contributed by atoms with van der Waals surface area (Å²) >= 11 is 0. The molecule has 2 aliphatic rings. The molecule has 170 valence electrons. The molecule has 0 atom stereocenters. The van der Waals surface area contributed by atoms with Gasteiger partial charge in [0.1, 0.15) is 12.4 Å². The lowest BCUT2D eigenvalue weighted by atomic mass is 10.0. The van der Waals surface area contributed by atoms with Crippen molar-refractivity contribution in [1.29, 1.82) is 0 Å². The number of hydrogen-bond acceptors (Lipinski definition) is 7. The van der Waals surface area contributed by atoms with E-state index in [2.05, 4.69) is 11.2 Å². The number of benzene rings is 2. The fourth-order valence-electron chi connectivity index (χ4n) is 4.63. The van der Waals surface area contributed by atoms with Crippen molar-refractivity contribution in [3.63, 3.8) is 0 Å². The summed E-state index contributed by atoms with van der Waals surface area (Å²) in [5.74, 6) is 1.78. The van der Waals surface area contributed by atoms with Crippen molar-refractivity contribution in [3.05, 3.63) is 81.9 Å². The fraction of sp³-hybridized carbons (Fsp3) is 0.222. The molecule has 6 rings (SSSR count). The minimum absolute atomic E-state index is 0.116. The molecule has 0 N–H and O–H groups in total. The molecule has 0 amide bonds. The van der Waals surface area contributed by atoms with Gasteiger partial charge in [0.15, 0.2) is 11.5 Å². The number of nitrogens with zero attached hydrogens (tertiary/aromatic N) is 2. The van der Waals surface area contributed by atoms with E-state index in [0.29, 0.717) is 11.3 Å². The summed E-state index contributed by atoms with van der Waals surface area (Å²) in [4.78, 5) is 18.3. The van der Waals surface area contributed by atoms with Crippen LogP contribution in [-0.2, 0) is 17.8 Å². The Kier molecular flexibility index (Phi) is 4.83. The van der Waals surface area contributed by atoms with E-state index >= 15 is 0 Å². The van der Waals surface area contributed by atoms with Gasteiger partial charge in [-0.2, -0.15) is 0 Å². The maximum absolute atomic E-state index is 13.4. The molecule has 0 bridgehead atoms. The van der Waals surface area contributed by atoms with Crippen LogP contribution in [0.4, 0.5) is 0 Å². The molecule has 1 aliphatic carbocycles. The first kappa shape index (κ1) is 20.5. The Morgan fingerprint density at radius 3 is 2.79 bits per heavy atom. The molecule has 3 heterocycles. The number of esters is 1. The van der Waals surface area contributed by atoms with Crippen molar-refractivity contribution in [2.24, 2.45) is 0 Å². The van der Waals surface area contributed by atoms with E-state index in [0.717, 1.165) is 68.9 Å². The van der Waals surface area contributed by atoms with Crippen LogP contribution in [0.15, 0.2) is 47.0 Å². The van der Waals surface area contributed by atoms with E-state index in [1.807, 2.05) is 56.3 Å². The van der Waals surface area contributed by atoms with Gasteiger partial charge in [0.2, 0.25) is 6.79 Å². The van der Waals surface area contributed by atoms with Crippen LogP contribution >= 0.6 is 0 Å². The summed E-state index contributed by atoms with van der Waals surface area (Å²) in [7, 11) is 0. The molecule has 0 saturated carbocycles. The Labute approximate surface area is 195 Å². The molecule has 7 heteroatoms. The molecule has 4 aromatic rings. The van der Waals surface area contributed by atoms with Gasteiger partial charge in [-0.05, 0) is 67.7 Å². The Morgan fingerprint density at radius 2 is 1.94 bits per heavy atom. The van der Waals surface area contributed by atoms with Gasteiger partial charge in [-0.15, -0.1) is 0 Å². The standard InChI is InChI=1S/C27H22N2O5/c1-15-21(16(2)34-29-15)13-31-27(30)25-19-5-3-4-6-22(19)28-26-18(8-9-20(25)26)11-17-7-10-23-24(12-17)33-14-32-23/h3-7,10-12H,8-9,13-14H2,1-2H3. The van der Waals surface area contributed by atoms with Crippen LogP contribution in [0.5, 0.6) is 11.5 Å². The van der Waals surface area contributed by atoms with Gasteiger partial charge in [-0.1, -0.05) is 29.4 Å². The Bertz CT molecular complexity index is 1460. The quantitative estimate of drug-likeness (QED) is 0.381. The highest BCUT2D eigenvalue weighted by Gasteiger charge is 2.28. The van der Waals surface area contributed by atoms with E-state index in [1.165, 1.54) is 0 Å². The average molecular weight is 454 g/mol. The molecule has 0 radical (unpaired) electrons. The lowest BCUT2D eigenvalue weighted by Gasteiger charge is -2.12. The Hall–Kier alpha value is -4.13. The minimum Gasteiger partial charge on any atom is -0.457 e. The molecule has 1 aliphatic heterocycles. The van der Waals surface area contributed by atoms with Crippen LogP contribution in [0.25, 0.3) is 22.6 Å². The second-order valence-corrected chi connectivity index (χ2v) is 8.49. The topological polar surface area (TPSA) is 83.7 Å². The van der Waals surface area contributed by atoms with Crippen LogP contribution in [0, 0.1) is 13.8 Å². The number of allylic oxidation sites excluding steroid dienone is 1. The molecule has 7 nitrogen and oxygen atoms in total. The SMILES string of the molecule is Cc1noc(C)c1COC(=O)c1c2c(nc3ccccc13)C(=Cc1ccc3c(c1)OCO3)CC2. The van der Waals surface area contributed by atoms with E-state index < -0.39 is 0 Å². The van der Waals surface area contributed by atoms with Gasteiger partial charge in [0.05, 0.1) is 28.0 Å². The lowest BCUT2D eigenvalue weighted by Crippen LogP contribution is -2.11. The number of rotatable bonds is 4. The largest absolute Gasteiger partial charge is 0.457 e. The maximum Gasteiger partial charge on any atom is 0.339 e. The predicted molar refractivity (Wildman–Crippen MR) is 126 cm³/mol. The van der Waals surface area contributed by atoms with Crippen LogP contribution in [-0.4, -0.2) is 22.9 Å². The summed E-state index contributed by atoms with van der Waals surface area (Å²) in [6.07, 6.45) is 3.62. The minimum atomic E-state index is -0.362. The molecule has 2 aromatic heterocycles. The number of para-hydroxylation sites is 1. The third-order valence-corrected chi connectivity index (χ3v) is 6.41. The summed E-state index contributed by atoms with van der Waals surface area (Å²) in [6, 6.07) is 13.6. The molecule has 0 fully saturated rings. The summed E-state index contributed by atoms with van der Waals surface area (Å²) in [5.41, 5.74) is 6.74. The molecule has 0 unspecified atom stereocenters. The second-order valence-electron chi connectivity index (χ2n) is 8.49. The predicted octanol–water partition coefficient (Wildman–Crippen LogP) is 5.41. The van der Waals surface area contributed by atoms with Gasteiger partial charge >= 0.3 is 5.97 Å². The van der Waals surface area contributed by atoms with Crippen molar-refractivity contribution in [2.75, 3.05) is 6.79 Å². The number of pyridine rings is 1. The normalized spacial score (nSPS) is 15.2. The first-order valence-corrected chi connectivity index (χ1v) is 11.2. The first-order chi connectivity index (χ1) is 16.6. The first-order valence-electron chi connectivity index (χ1n) is 11.2. The highest BCUT2D eigenvalue weighted by atomic mass is 16.7. The number of aromatic nitrogens is 2. The zero-order valence-corrected chi connectivity index (χ0v) is 18.9. The molecular formula is C27H22N2O5. The third-order valence-electron chi connectivity index (χ3n) is 6.41. The third kappa shape index (κ3) is 3.41. The summed E-state index contributed by atoms with van der Waals surface area (Å²) < 4.78 is 21.9. The fourth-order valence-corrected chi connectivity index (χ4v) is 4.63. The second kappa shape index (κ2) is 8.02. The average Bonchev–Trinajstić information content (AvgIpc) is 3.55. The zero-order valence-electron chi connectivity index (χ0n) is 18.9. The Morgan fingerprint density at radius 1 is 1.09 bits per heavy atom. The number of fused-ring (bicyclic) bond motifs is 3.